The SMILES string of the molecule is Cc1cc2c(c(=O)n1CC(=O)O)NC(=O)C(CC1CC1)N2C. The molecule has 0 aromatic carbocycles. The summed E-state index contributed by atoms with van der Waals surface area (Å²) in [6, 6.07) is 1.49. The summed E-state index contributed by atoms with van der Waals surface area (Å²) in [4.78, 5) is 37.5. The van der Waals surface area contributed by atoms with Crippen molar-refractivity contribution < 1.29 is 14.7 Å². The van der Waals surface area contributed by atoms with Gasteiger partial charge in [-0.05, 0) is 25.3 Å². The molecule has 3 rings (SSSR count). The molecule has 1 aliphatic carbocycles. The zero-order valence-corrected chi connectivity index (χ0v) is 12.6. The van der Waals surface area contributed by atoms with Crippen molar-refractivity contribution in [2.24, 2.45) is 5.92 Å². The molecule has 1 saturated carbocycles. The normalized spacial score (nSPS) is 20.5. The summed E-state index contributed by atoms with van der Waals surface area (Å²) in [6.45, 7) is 1.29. The van der Waals surface area contributed by atoms with Gasteiger partial charge >= 0.3 is 5.97 Å². The first-order chi connectivity index (χ1) is 10.4. The molecule has 7 nitrogen and oxygen atoms in total. The van der Waals surface area contributed by atoms with E-state index in [1.165, 1.54) is 0 Å². The first-order valence-electron chi connectivity index (χ1n) is 7.38. The van der Waals surface area contributed by atoms with Crippen molar-refractivity contribution in [3.05, 3.63) is 22.1 Å². The van der Waals surface area contributed by atoms with E-state index in [0.717, 1.165) is 23.8 Å². The Balaban J connectivity index is 2.02. The Morgan fingerprint density at radius 3 is 2.68 bits per heavy atom. The van der Waals surface area contributed by atoms with Gasteiger partial charge in [0, 0.05) is 12.7 Å². The third kappa shape index (κ3) is 2.47. The van der Waals surface area contributed by atoms with Crippen molar-refractivity contribution in [1.82, 2.24) is 4.57 Å². The highest BCUT2D eigenvalue weighted by Gasteiger charge is 2.37. The molecular formula is C15H19N3O4. The molecule has 0 spiro atoms. The summed E-state index contributed by atoms with van der Waals surface area (Å²) in [7, 11) is 1.81. The van der Waals surface area contributed by atoms with Crippen molar-refractivity contribution in [2.75, 3.05) is 17.3 Å². The maximum absolute atomic E-state index is 12.5. The molecule has 0 bridgehead atoms. The number of pyridine rings is 1. The number of carboxylic acid groups (broad SMARTS) is 1. The molecule has 118 valence electrons. The fourth-order valence-corrected chi connectivity index (χ4v) is 2.96. The predicted octanol–water partition coefficient (Wildman–Crippen LogP) is 0.798. The largest absolute Gasteiger partial charge is 0.480 e. The summed E-state index contributed by atoms with van der Waals surface area (Å²) in [5, 5.41) is 11.6. The Morgan fingerprint density at radius 2 is 2.09 bits per heavy atom. The van der Waals surface area contributed by atoms with Crippen LogP contribution in [0, 0.1) is 12.8 Å². The summed E-state index contributed by atoms with van der Waals surface area (Å²) in [5.41, 5.74) is 0.933. The van der Waals surface area contributed by atoms with Gasteiger partial charge in [-0.1, -0.05) is 12.8 Å². The lowest BCUT2D eigenvalue weighted by Crippen LogP contribution is -2.48. The number of aromatic nitrogens is 1. The Morgan fingerprint density at radius 1 is 1.41 bits per heavy atom. The minimum absolute atomic E-state index is 0.173. The number of anilines is 2. The fraction of sp³-hybridized carbons (Fsp3) is 0.533. The minimum atomic E-state index is -1.09. The second kappa shape index (κ2) is 5.15. The third-order valence-electron chi connectivity index (χ3n) is 4.43. The molecule has 2 heterocycles. The zero-order valence-electron chi connectivity index (χ0n) is 12.6. The maximum Gasteiger partial charge on any atom is 0.323 e. The van der Waals surface area contributed by atoms with Crippen LogP contribution in [0.15, 0.2) is 10.9 Å². The quantitative estimate of drug-likeness (QED) is 0.858. The smallest absolute Gasteiger partial charge is 0.323 e. The summed E-state index contributed by atoms with van der Waals surface area (Å²) in [5.74, 6) is -0.690. The van der Waals surface area contributed by atoms with E-state index < -0.39 is 18.1 Å². The van der Waals surface area contributed by atoms with E-state index in [2.05, 4.69) is 5.32 Å². The van der Waals surface area contributed by atoms with Gasteiger partial charge in [-0.3, -0.25) is 19.0 Å². The van der Waals surface area contributed by atoms with E-state index in [-0.39, 0.29) is 17.6 Å². The molecule has 1 aromatic rings. The lowest BCUT2D eigenvalue weighted by atomic mass is 10.0. The highest BCUT2D eigenvalue weighted by molar-refractivity contribution is 6.03. The molecule has 1 amide bonds. The van der Waals surface area contributed by atoms with Crippen LogP contribution in [0.5, 0.6) is 0 Å². The Labute approximate surface area is 127 Å². The number of carbonyl (C=O) groups is 2. The topological polar surface area (TPSA) is 91.6 Å². The number of aryl methyl sites for hydroxylation is 1. The number of hydrogen-bond acceptors (Lipinski definition) is 4. The Bertz CT molecular complexity index is 705. The van der Waals surface area contributed by atoms with Crippen molar-refractivity contribution >= 4 is 23.3 Å². The molecule has 2 N–H and O–H groups in total. The highest BCUT2D eigenvalue weighted by Crippen LogP contribution is 2.38. The number of nitrogens with one attached hydrogen (secondary N) is 1. The molecule has 7 heteroatoms. The summed E-state index contributed by atoms with van der Waals surface area (Å²) < 4.78 is 1.16. The molecule has 2 aliphatic rings. The van der Waals surface area contributed by atoms with Crippen molar-refractivity contribution in [2.45, 2.75) is 38.8 Å². The number of nitrogens with zero attached hydrogens (tertiary/aromatic N) is 2. The molecule has 1 aliphatic heterocycles. The second-order valence-corrected chi connectivity index (χ2v) is 6.13. The van der Waals surface area contributed by atoms with Gasteiger partial charge in [0.25, 0.3) is 5.56 Å². The van der Waals surface area contributed by atoms with Crippen LogP contribution in [0.1, 0.15) is 25.0 Å². The van der Waals surface area contributed by atoms with E-state index in [1.54, 1.807) is 13.0 Å². The molecule has 1 atom stereocenters. The predicted molar refractivity (Wildman–Crippen MR) is 81.2 cm³/mol. The standard InChI is InChI=1S/C15H19N3O4/c1-8-5-10-13(15(22)18(8)7-12(19)20)16-14(21)11(17(10)2)6-9-3-4-9/h5,9,11H,3-4,6-7H2,1-2H3,(H,16,21)(H,19,20). The number of carbonyl (C=O) groups excluding carboxylic acids is 1. The van der Waals surface area contributed by atoms with Crippen LogP contribution >= 0.6 is 0 Å². The molecule has 0 radical (unpaired) electrons. The van der Waals surface area contributed by atoms with Gasteiger partial charge in [0.15, 0.2) is 0 Å². The van der Waals surface area contributed by atoms with Crippen LogP contribution < -0.4 is 15.8 Å². The number of hydrogen-bond donors (Lipinski definition) is 2. The lowest BCUT2D eigenvalue weighted by Gasteiger charge is -2.35. The van der Waals surface area contributed by atoms with Crippen LogP contribution in [-0.4, -0.2) is 34.6 Å². The number of fused-ring (bicyclic) bond motifs is 1. The van der Waals surface area contributed by atoms with E-state index in [1.807, 2.05) is 11.9 Å². The molecular weight excluding hydrogens is 286 g/mol. The number of aliphatic carboxylic acids is 1. The highest BCUT2D eigenvalue weighted by atomic mass is 16.4. The Kier molecular flexibility index (Phi) is 3.42. The Hall–Kier alpha value is -2.31. The van der Waals surface area contributed by atoms with E-state index in [0.29, 0.717) is 17.3 Å². The molecule has 1 aromatic heterocycles. The van der Waals surface area contributed by atoms with Crippen LogP contribution in [0.2, 0.25) is 0 Å². The molecule has 22 heavy (non-hydrogen) atoms. The zero-order chi connectivity index (χ0) is 16.0. The van der Waals surface area contributed by atoms with Gasteiger partial charge in [-0.15, -0.1) is 0 Å². The first kappa shape index (κ1) is 14.6. The molecule has 1 unspecified atom stereocenters. The van der Waals surface area contributed by atoms with Crippen LogP contribution in [-0.2, 0) is 16.1 Å². The number of amides is 1. The molecule has 0 saturated heterocycles. The third-order valence-corrected chi connectivity index (χ3v) is 4.43. The van der Waals surface area contributed by atoms with E-state index >= 15 is 0 Å². The first-order valence-corrected chi connectivity index (χ1v) is 7.38. The number of likely N-dealkylation sites (N-methyl/N-ethyl adjacent to an activating group) is 1. The maximum atomic E-state index is 12.5. The lowest BCUT2D eigenvalue weighted by molar-refractivity contribution is -0.137. The van der Waals surface area contributed by atoms with Crippen LogP contribution in [0.4, 0.5) is 11.4 Å². The van der Waals surface area contributed by atoms with Gasteiger partial charge in [0.2, 0.25) is 5.91 Å². The average molecular weight is 305 g/mol. The van der Waals surface area contributed by atoms with Gasteiger partial charge in [-0.25, -0.2) is 0 Å². The van der Waals surface area contributed by atoms with E-state index in [9.17, 15) is 14.4 Å². The van der Waals surface area contributed by atoms with Crippen molar-refractivity contribution in [3.63, 3.8) is 0 Å². The van der Waals surface area contributed by atoms with Gasteiger partial charge in [-0.2, -0.15) is 0 Å². The summed E-state index contributed by atoms with van der Waals surface area (Å²) >= 11 is 0. The molecule has 1 fully saturated rings. The minimum Gasteiger partial charge on any atom is -0.480 e. The van der Waals surface area contributed by atoms with Gasteiger partial charge < -0.3 is 15.3 Å². The van der Waals surface area contributed by atoms with Gasteiger partial charge in [0.05, 0.1) is 5.69 Å². The summed E-state index contributed by atoms with van der Waals surface area (Å²) in [6.07, 6.45) is 3.10. The van der Waals surface area contributed by atoms with Crippen molar-refractivity contribution in [1.29, 1.82) is 0 Å². The van der Waals surface area contributed by atoms with Crippen molar-refractivity contribution in [3.8, 4) is 0 Å². The van der Waals surface area contributed by atoms with Gasteiger partial charge in [0.1, 0.15) is 18.3 Å². The number of rotatable bonds is 4. The average Bonchev–Trinajstić information content (AvgIpc) is 3.25. The number of carboxylic acids is 1. The van der Waals surface area contributed by atoms with Crippen LogP contribution in [0.25, 0.3) is 0 Å². The van der Waals surface area contributed by atoms with E-state index in [4.69, 9.17) is 5.11 Å². The fourth-order valence-electron chi connectivity index (χ4n) is 2.96. The second-order valence-electron chi connectivity index (χ2n) is 6.13. The monoisotopic (exact) mass is 305 g/mol. The van der Waals surface area contributed by atoms with Crippen LogP contribution in [0.3, 0.4) is 0 Å².